The Morgan fingerprint density at radius 2 is 0.867 bits per heavy atom. The molecule has 0 aromatic rings. The van der Waals surface area contributed by atoms with Crippen molar-refractivity contribution in [3.8, 4) is 0 Å². The third kappa shape index (κ3) is 0.0449. The van der Waals surface area contributed by atoms with Crippen molar-refractivity contribution in [2.45, 2.75) is 44.0 Å². The predicted octanol–water partition coefficient (Wildman–Crippen LogP) is 3.96. The van der Waals surface area contributed by atoms with E-state index in [0.29, 0.717) is 0 Å². The van der Waals surface area contributed by atoms with Gasteiger partial charge < -0.3 is 0 Å². The molecule has 0 amide bonds. The summed E-state index contributed by atoms with van der Waals surface area (Å²) in [6, 6.07) is 0. The first kappa shape index (κ1) is 6.22. The summed E-state index contributed by atoms with van der Waals surface area (Å²) in [5.74, 6) is 0. The molecule has 10 heterocycles. The van der Waals surface area contributed by atoms with Crippen molar-refractivity contribution in [1.29, 1.82) is 0 Å². The van der Waals surface area contributed by atoms with Crippen molar-refractivity contribution in [3.05, 3.63) is 0 Å². The Morgan fingerprint density at radius 1 is 0.600 bits per heavy atom. The van der Waals surface area contributed by atoms with Crippen LogP contribution in [0.1, 0.15) is 0 Å². The van der Waals surface area contributed by atoms with E-state index in [1.54, 1.807) is 0 Å². The average Bonchev–Trinajstić information content (AvgIpc) is 3.11. The molecule has 10 fully saturated rings. The second-order valence-corrected chi connectivity index (χ2v) is 35.7. The molecule has 8 atom stereocenters. The zero-order valence-electron chi connectivity index (χ0n) is 7.33. The van der Waals surface area contributed by atoms with Crippen LogP contribution in [0.2, 0.25) is 28.9 Å². The van der Waals surface area contributed by atoms with Gasteiger partial charge in [-0.15, -0.1) is 0 Å². The number of hydrogen-bond donors (Lipinski definition) is 0. The van der Waals surface area contributed by atoms with Crippen molar-refractivity contribution in [3.63, 3.8) is 0 Å². The monoisotopic (exact) mass is 322 g/mol. The SMILES string of the molecule is Cl[C]12[CH]3[CH]4[CH]5[C]1(Cl)[Fe]43521678[CH]2[CH]1[C]6(Cl)[C]7(Cl)[CH]28. The topological polar surface area (TPSA) is 0 Å². The maximum absolute atomic E-state index is 7.10. The fraction of sp³-hybridized carbons (Fsp3) is 1.00. The van der Waals surface area contributed by atoms with Crippen LogP contribution in [0.25, 0.3) is 0 Å². The van der Waals surface area contributed by atoms with Crippen molar-refractivity contribution in [2.75, 3.05) is 0 Å². The van der Waals surface area contributed by atoms with Gasteiger partial charge in [0, 0.05) is 0 Å². The molecule has 0 bridgehead atoms. The molecular formula is C10H6Cl4Fe. The van der Waals surface area contributed by atoms with E-state index in [0.717, 1.165) is 28.9 Å². The summed E-state index contributed by atoms with van der Waals surface area (Å²) in [4.78, 5) is 5.11. The molecule has 0 N–H and O–H groups in total. The Labute approximate surface area is 96.2 Å². The Kier molecular flexibility index (Phi) is 0.178. The second-order valence-electron chi connectivity index (χ2n) is 9.57. The van der Waals surface area contributed by atoms with E-state index >= 15 is 0 Å². The molecule has 0 aliphatic carbocycles. The molecule has 0 saturated carbocycles. The van der Waals surface area contributed by atoms with Gasteiger partial charge in [-0.1, -0.05) is 0 Å². The predicted molar refractivity (Wildman–Crippen MR) is 56.8 cm³/mol. The standard InChI is InChI=1S/2C5H3Cl2.Fe/c2*6-4-2-1-3-5(4)7;/h2*1-3H;. The summed E-state index contributed by atoms with van der Waals surface area (Å²) in [7, 11) is 0. The second kappa shape index (κ2) is 0.430. The van der Waals surface area contributed by atoms with Crippen molar-refractivity contribution in [1.82, 2.24) is 0 Å². The van der Waals surface area contributed by atoms with Crippen LogP contribution in [0.4, 0.5) is 0 Å². The molecule has 0 radical (unpaired) electrons. The van der Waals surface area contributed by atoms with Gasteiger partial charge in [0.25, 0.3) is 0 Å². The summed E-state index contributed by atoms with van der Waals surface area (Å²) in [6.07, 6.45) is 0. The van der Waals surface area contributed by atoms with Gasteiger partial charge in [-0.25, -0.2) is 0 Å². The maximum atomic E-state index is 7.10. The van der Waals surface area contributed by atoms with Crippen LogP contribution in [0.3, 0.4) is 0 Å². The van der Waals surface area contributed by atoms with Crippen LogP contribution in [-0.2, 0) is 6.51 Å². The summed E-state index contributed by atoms with van der Waals surface area (Å²) >= 11 is 28.4. The minimum absolute atomic E-state index is 0.0296. The van der Waals surface area contributed by atoms with Crippen LogP contribution in [0.15, 0.2) is 0 Å². The van der Waals surface area contributed by atoms with E-state index in [2.05, 4.69) is 0 Å². The first-order chi connectivity index (χ1) is 6.72. The van der Waals surface area contributed by atoms with Gasteiger partial charge in [-0.05, 0) is 0 Å². The zero-order valence-corrected chi connectivity index (χ0v) is 11.5. The van der Waals surface area contributed by atoms with Gasteiger partial charge >= 0.3 is 96.9 Å². The Hall–Kier alpha value is 1.68. The van der Waals surface area contributed by atoms with Crippen LogP contribution in [0, 0.1) is 0 Å². The van der Waals surface area contributed by atoms with Gasteiger partial charge in [-0.3, -0.25) is 0 Å². The molecule has 1 spiro atoms. The normalized spacial score (nSPS) is 149. The minimum atomic E-state index is -3.89. The van der Waals surface area contributed by atoms with Crippen molar-refractivity contribution >= 4 is 46.4 Å². The molecule has 0 aromatic carbocycles. The van der Waals surface area contributed by atoms with Gasteiger partial charge in [0.2, 0.25) is 0 Å². The van der Waals surface area contributed by atoms with Crippen molar-refractivity contribution in [2.24, 2.45) is 0 Å². The summed E-state index contributed by atoms with van der Waals surface area (Å²) in [5, 5.41) is 0. The van der Waals surface area contributed by atoms with E-state index in [1.807, 2.05) is 0 Å². The van der Waals surface area contributed by atoms with E-state index < -0.39 is 6.51 Å². The molecule has 0 aromatic heterocycles. The number of fused-ring (bicyclic) bond motifs is 10. The third-order valence-corrected chi connectivity index (χ3v) is 70.0. The fourth-order valence-electron chi connectivity index (χ4n) is 16.0. The first-order valence-corrected chi connectivity index (χ1v) is 13.2. The first-order valence-electron chi connectivity index (χ1n) is 5.68. The molecule has 8 unspecified atom stereocenters. The van der Waals surface area contributed by atoms with Crippen LogP contribution in [-0.4, -0.2) is 15.1 Å². The molecule has 15 heavy (non-hydrogen) atoms. The molecule has 0 nitrogen and oxygen atoms in total. The summed E-state index contributed by atoms with van der Waals surface area (Å²) in [6.45, 7) is -3.89. The number of alkyl halides is 4. The van der Waals surface area contributed by atoms with E-state index in [9.17, 15) is 0 Å². The number of hydrogen-bond acceptors (Lipinski definition) is 0. The number of halogens is 4. The number of rotatable bonds is 0. The van der Waals surface area contributed by atoms with Gasteiger partial charge in [0.1, 0.15) is 0 Å². The van der Waals surface area contributed by atoms with E-state index in [1.165, 1.54) is 0 Å². The fourth-order valence-corrected chi connectivity index (χ4v) is 111. The van der Waals surface area contributed by atoms with Gasteiger partial charge in [0.05, 0.1) is 0 Å². The average molecular weight is 324 g/mol. The molecule has 10 aliphatic rings. The quantitative estimate of drug-likeness (QED) is 0.467. The summed E-state index contributed by atoms with van der Waals surface area (Å²) in [5.41, 5.74) is 0. The Balaban J connectivity index is 2.05. The molecule has 82 valence electrons. The molecular weight excluding hydrogens is 318 g/mol. The van der Waals surface area contributed by atoms with Crippen LogP contribution >= 0.6 is 46.4 Å². The molecule has 10 rings (SSSR count). The molecule has 10 aliphatic heterocycles. The van der Waals surface area contributed by atoms with Gasteiger partial charge in [0.15, 0.2) is 0 Å². The zero-order chi connectivity index (χ0) is 9.78. The molecule has 10 saturated heterocycles. The van der Waals surface area contributed by atoms with E-state index in [4.69, 9.17) is 46.4 Å². The van der Waals surface area contributed by atoms with Gasteiger partial charge in [-0.2, -0.15) is 0 Å². The van der Waals surface area contributed by atoms with Crippen LogP contribution in [0.5, 0.6) is 0 Å². The Morgan fingerprint density at radius 3 is 0.867 bits per heavy atom. The summed E-state index contributed by atoms with van der Waals surface area (Å²) < 4.78 is 0.118. The third-order valence-electron chi connectivity index (χ3n) is 14.5. The van der Waals surface area contributed by atoms with E-state index in [-0.39, 0.29) is 15.1 Å². The molecule has 5 heteroatoms. The van der Waals surface area contributed by atoms with Crippen LogP contribution < -0.4 is 0 Å². The Bertz CT molecular complexity index is 913. The van der Waals surface area contributed by atoms with Crippen molar-refractivity contribution < 1.29 is 6.51 Å².